The molecule has 0 nitrogen and oxygen atoms in total. The lowest BCUT2D eigenvalue weighted by Gasteiger charge is -2.44. The summed E-state index contributed by atoms with van der Waals surface area (Å²) in [4.78, 5) is 0. The lowest BCUT2D eigenvalue weighted by molar-refractivity contribution is 0.457. The summed E-state index contributed by atoms with van der Waals surface area (Å²) in [6.45, 7) is 4.86. The summed E-state index contributed by atoms with van der Waals surface area (Å²) >= 11 is 0. The molecule has 3 unspecified atom stereocenters. The van der Waals surface area contributed by atoms with Gasteiger partial charge in [0.2, 0.25) is 0 Å². The van der Waals surface area contributed by atoms with Gasteiger partial charge in [0, 0.05) is 0 Å². The van der Waals surface area contributed by atoms with Crippen LogP contribution in [0.5, 0.6) is 0 Å². The zero-order valence-corrected chi connectivity index (χ0v) is 11.8. The topological polar surface area (TPSA) is 0 Å². The first-order valence-corrected chi connectivity index (χ1v) is 9.34. The fourth-order valence-electron chi connectivity index (χ4n) is 3.76. The van der Waals surface area contributed by atoms with Crippen molar-refractivity contribution >= 4 is 10.0 Å². The fraction of sp³-hybridized carbons (Fsp3) is 1.00. The molecule has 0 amide bonds. The molecule has 3 atom stereocenters. The Hall–Kier alpha value is 0.350. The highest BCUT2D eigenvalue weighted by Crippen LogP contribution is 2.61. The van der Waals surface area contributed by atoms with Crippen LogP contribution in [0.1, 0.15) is 52.4 Å². The molecule has 1 heteroatoms. The van der Waals surface area contributed by atoms with E-state index in [1.165, 1.54) is 12.8 Å². The first-order valence-electron chi connectivity index (χ1n) is 6.76. The first kappa shape index (κ1) is 11.8. The second kappa shape index (κ2) is 4.31. The van der Waals surface area contributed by atoms with Crippen LogP contribution in [0.2, 0.25) is 0 Å². The molecule has 90 valence electrons. The Bertz CT molecular complexity index is 209. The highest BCUT2D eigenvalue weighted by Gasteiger charge is 2.42. The average molecular weight is 228 g/mol. The maximum Gasteiger partial charge on any atom is -0.0109 e. The van der Waals surface area contributed by atoms with Gasteiger partial charge in [-0.15, -0.1) is 0 Å². The zero-order valence-electron chi connectivity index (χ0n) is 11.0. The number of fused-ring (bicyclic) bond motifs is 1. The minimum Gasteiger partial charge on any atom is -0.241 e. The van der Waals surface area contributed by atoms with Gasteiger partial charge >= 0.3 is 0 Å². The highest BCUT2D eigenvalue weighted by molar-refractivity contribution is 8.33. The Balaban J connectivity index is 2.00. The molecule has 0 heterocycles. The van der Waals surface area contributed by atoms with Crippen molar-refractivity contribution in [1.82, 2.24) is 0 Å². The minimum absolute atomic E-state index is 0.331. The molecule has 2 fully saturated rings. The summed E-state index contributed by atoms with van der Waals surface area (Å²) in [6, 6.07) is 0. The van der Waals surface area contributed by atoms with Crippen molar-refractivity contribution in [2.75, 3.05) is 12.5 Å². The van der Waals surface area contributed by atoms with E-state index in [2.05, 4.69) is 26.4 Å². The van der Waals surface area contributed by atoms with Gasteiger partial charge in [0.15, 0.2) is 0 Å². The summed E-state index contributed by atoms with van der Waals surface area (Å²) in [5.74, 6) is 2.26. The second-order valence-electron chi connectivity index (χ2n) is 6.25. The van der Waals surface area contributed by atoms with E-state index in [0.717, 1.165) is 22.3 Å². The largest absolute Gasteiger partial charge is 0.241 e. The van der Waals surface area contributed by atoms with Gasteiger partial charge in [-0.1, -0.05) is 33.1 Å². The molecule has 0 radical (unpaired) electrons. The molecule has 0 saturated heterocycles. The Kier molecular flexibility index (Phi) is 3.40. The summed E-state index contributed by atoms with van der Waals surface area (Å²) in [7, 11) is -0.331. The van der Waals surface area contributed by atoms with Crippen molar-refractivity contribution in [1.29, 1.82) is 0 Å². The lowest BCUT2D eigenvalue weighted by Crippen LogP contribution is -2.23. The van der Waals surface area contributed by atoms with Crippen molar-refractivity contribution in [2.45, 2.75) is 62.9 Å². The molecule has 0 aromatic carbocycles. The van der Waals surface area contributed by atoms with Crippen LogP contribution in [-0.4, -0.2) is 23.0 Å². The van der Waals surface area contributed by atoms with Crippen LogP contribution in [0, 0.1) is 11.8 Å². The molecular weight excluding hydrogens is 200 g/mol. The van der Waals surface area contributed by atoms with Gasteiger partial charge in [-0.3, -0.25) is 0 Å². The Morgan fingerprint density at radius 2 is 1.67 bits per heavy atom. The first-order chi connectivity index (χ1) is 7.05. The normalized spacial score (nSPS) is 39.1. The van der Waals surface area contributed by atoms with Crippen molar-refractivity contribution in [2.24, 2.45) is 11.8 Å². The molecule has 0 bridgehead atoms. The van der Waals surface area contributed by atoms with Gasteiger partial charge in [-0.05, 0) is 54.1 Å². The minimum atomic E-state index is -0.331. The molecule has 0 aromatic heterocycles. The van der Waals surface area contributed by atoms with Crippen LogP contribution in [0.25, 0.3) is 0 Å². The molecular formula is C14H28S. The Labute approximate surface area is 97.5 Å². The van der Waals surface area contributed by atoms with E-state index in [4.69, 9.17) is 0 Å². The molecule has 2 aliphatic carbocycles. The monoisotopic (exact) mass is 228 g/mol. The van der Waals surface area contributed by atoms with E-state index >= 15 is 0 Å². The number of hydrogen-bond acceptors (Lipinski definition) is 0. The van der Waals surface area contributed by atoms with Crippen LogP contribution in [-0.2, 0) is 0 Å². The lowest BCUT2D eigenvalue weighted by atomic mass is 10.0. The van der Waals surface area contributed by atoms with E-state index in [1.807, 2.05) is 0 Å². The summed E-state index contributed by atoms with van der Waals surface area (Å²) in [6.07, 6.45) is 14.4. The zero-order chi connectivity index (χ0) is 11.1. The predicted molar refractivity (Wildman–Crippen MR) is 73.0 cm³/mol. The van der Waals surface area contributed by atoms with E-state index in [1.54, 1.807) is 25.7 Å². The van der Waals surface area contributed by atoms with Crippen LogP contribution in [0.4, 0.5) is 0 Å². The molecule has 0 spiro atoms. The Morgan fingerprint density at radius 3 is 2.13 bits per heavy atom. The smallest absolute Gasteiger partial charge is 0.0109 e. The van der Waals surface area contributed by atoms with E-state index in [9.17, 15) is 0 Å². The van der Waals surface area contributed by atoms with E-state index in [0.29, 0.717) is 0 Å². The number of hydrogen-bond donors (Lipinski definition) is 0. The Morgan fingerprint density at radius 1 is 1.13 bits per heavy atom. The van der Waals surface area contributed by atoms with Crippen molar-refractivity contribution in [3.05, 3.63) is 0 Å². The van der Waals surface area contributed by atoms with Crippen molar-refractivity contribution in [3.63, 3.8) is 0 Å². The molecule has 2 aliphatic rings. The number of rotatable bonds is 3. The average Bonchev–Trinajstić information content (AvgIpc) is 2.75. The van der Waals surface area contributed by atoms with Crippen LogP contribution in [0.3, 0.4) is 0 Å². The van der Waals surface area contributed by atoms with Crippen molar-refractivity contribution < 1.29 is 0 Å². The van der Waals surface area contributed by atoms with Crippen LogP contribution >= 0.6 is 10.0 Å². The third-order valence-corrected chi connectivity index (χ3v) is 9.93. The molecule has 0 N–H and O–H groups in total. The fourth-order valence-corrected chi connectivity index (χ4v) is 6.76. The summed E-state index contributed by atoms with van der Waals surface area (Å²) in [5.41, 5.74) is 0. The van der Waals surface area contributed by atoms with E-state index < -0.39 is 0 Å². The molecule has 2 saturated carbocycles. The van der Waals surface area contributed by atoms with Gasteiger partial charge in [-0.25, -0.2) is 10.0 Å². The van der Waals surface area contributed by atoms with Crippen LogP contribution in [0.15, 0.2) is 0 Å². The predicted octanol–water partition coefficient (Wildman–Crippen LogP) is 4.43. The molecule has 15 heavy (non-hydrogen) atoms. The maximum absolute atomic E-state index is 2.60. The van der Waals surface area contributed by atoms with Gasteiger partial charge in [0.25, 0.3) is 0 Å². The van der Waals surface area contributed by atoms with Gasteiger partial charge < -0.3 is 0 Å². The third kappa shape index (κ3) is 2.09. The summed E-state index contributed by atoms with van der Waals surface area (Å²) < 4.78 is 0. The quantitative estimate of drug-likeness (QED) is 0.670. The van der Waals surface area contributed by atoms with Crippen molar-refractivity contribution in [3.8, 4) is 0 Å². The van der Waals surface area contributed by atoms with Gasteiger partial charge in [-0.2, -0.15) is 0 Å². The summed E-state index contributed by atoms with van der Waals surface area (Å²) in [5, 5.41) is 2.07. The second-order valence-corrected chi connectivity index (χ2v) is 10.7. The van der Waals surface area contributed by atoms with Gasteiger partial charge in [0.05, 0.1) is 0 Å². The molecule has 0 aliphatic heterocycles. The maximum atomic E-state index is 2.60. The van der Waals surface area contributed by atoms with Gasteiger partial charge in [0.1, 0.15) is 0 Å². The SMILES string of the molecule is CCC(C)S(C)(C)C1CC2CCCC2C1. The van der Waals surface area contributed by atoms with E-state index in [-0.39, 0.29) is 10.0 Å². The highest BCUT2D eigenvalue weighted by atomic mass is 32.3. The molecule has 0 aromatic rings. The standard InChI is InChI=1S/C14H28S/c1-5-11(2)15(3,4)14-9-12-7-6-8-13(12)10-14/h11-14H,5-10H2,1-4H3. The molecule has 2 rings (SSSR count). The third-order valence-electron chi connectivity index (χ3n) is 5.42. The van der Waals surface area contributed by atoms with Crippen LogP contribution < -0.4 is 0 Å².